The summed E-state index contributed by atoms with van der Waals surface area (Å²) in [7, 11) is -2.08. The summed E-state index contributed by atoms with van der Waals surface area (Å²) in [6.45, 7) is 1.20. The van der Waals surface area contributed by atoms with Crippen molar-refractivity contribution in [2.24, 2.45) is 5.92 Å². The van der Waals surface area contributed by atoms with Crippen molar-refractivity contribution in [3.05, 3.63) is 54.6 Å². The number of sulfonamides is 1. The molecule has 29 heavy (non-hydrogen) atoms. The van der Waals surface area contributed by atoms with Crippen LogP contribution in [0, 0.1) is 5.92 Å². The van der Waals surface area contributed by atoms with Gasteiger partial charge in [-0.1, -0.05) is 18.2 Å². The number of methoxy groups -OCH3 is 1. The van der Waals surface area contributed by atoms with Gasteiger partial charge < -0.3 is 10.1 Å². The molecular formula is C21H26N2O4S2. The summed E-state index contributed by atoms with van der Waals surface area (Å²) in [5.74, 6) is 0.982. The summed E-state index contributed by atoms with van der Waals surface area (Å²) in [5, 5.41) is 2.95. The number of nitrogens with zero attached hydrogens (tertiary/aromatic N) is 1. The van der Waals surface area contributed by atoms with Crippen LogP contribution in [0.15, 0.2) is 64.4 Å². The first kappa shape index (κ1) is 21.7. The second kappa shape index (κ2) is 10.1. The van der Waals surface area contributed by atoms with Crippen molar-refractivity contribution in [3.63, 3.8) is 0 Å². The summed E-state index contributed by atoms with van der Waals surface area (Å²) in [6.07, 6.45) is 1.37. The molecule has 1 heterocycles. The summed E-state index contributed by atoms with van der Waals surface area (Å²) in [4.78, 5) is 13.9. The minimum atomic E-state index is -3.62. The van der Waals surface area contributed by atoms with Crippen molar-refractivity contribution < 1.29 is 17.9 Å². The minimum Gasteiger partial charge on any atom is -0.497 e. The predicted molar refractivity (Wildman–Crippen MR) is 115 cm³/mol. The van der Waals surface area contributed by atoms with Gasteiger partial charge in [-0.3, -0.25) is 4.79 Å². The lowest BCUT2D eigenvalue weighted by atomic mass is 9.99. The molecule has 0 radical (unpaired) electrons. The zero-order valence-electron chi connectivity index (χ0n) is 16.4. The van der Waals surface area contributed by atoms with Crippen LogP contribution in [0.5, 0.6) is 5.75 Å². The molecule has 1 fully saturated rings. The van der Waals surface area contributed by atoms with Gasteiger partial charge in [0.2, 0.25) is 15.9 Å². The van der Waals surface area contributed by atoms with E-state index in [1.165, 1.54) is 11.4 Å². The highest BCUT2D eigenvalue weighted by molar-refractivity contribution is 7.99. The third kappa shape index (κ3) is 5.74. The fourth-order valence-electron chi connectivity index (χ4n) is 3.28. The highest BCUT2D eigenvalue weighted by Gasteiger charge is 2.33. The molecule has 0 spiro atoms. The van der Waals surface area contributed by atoms with Gasteiger partial charge in [-0.05, 0) is 49.2 Å². The summed E-state index contributed by atoms with van der Waals surface area (Å²) < 4.78 is 32.4. The van der Waals surface area contributed by atoms with Gasteiger partial charge in [0.1, 0.15) is 5.75 Å². The van der Waals surface area contributed by atoms with Crippen LogP contribution in [0.1, 0.15) is 12.8 Å². The molecule has 2 aromatic rings. The molecule has 8 heteroatoms. The van der Waals surface area contributed by atoms with Crippen molar-refractivity contribution in [2.45, 2.75) is 22.6 Å². The number of nitrogens with one attached hydrogen (secondary N) is 1. The lowest BCUT2D eigenvalue weighted by Crippen LogP contribution is -2.45. The standard InChI is InChI=1S/C21H26N2O4S2/c1-27-18-9-11-20(12-10-18)29(25,26)23-14-5-6-17(16-23)21(24)22-13-15-28-19-7-3-2-4-8-19/h2-4,7-12,17H,5-6,13-16H2,1H3,(H,22,24)/t17-/m0/s1. The molecular weight excluding hydrogens is 408 g/mol. The third-order valence-electron chi connectivity index (χ3n) is 4.87. The molecule has 1 amide bonds. The maximum atomic E-state index is 12.9. The lowest BCUT2D eigenvalue weighted by Gasteiger charge is -2.31. The molecule has 1 saturated heterocycles. The number of carbonyl (C=O) groups excluding carboxylic acids is 1. The van der Waals surface area contributed by atoms with E-state index in [4.69, 9.17) is 4.74 Å². The summed E-state index contributed by atoms with van der Waals surface area (Å²) in [5.41, 5.74) is 0. The van der Waals surface area contributed by atoms with Crippen LogP contribution in [0.25, 0.3) is 0 Å². The Hall–Kier alpha value is -2.03. The number of piperidine rings is 1. The van der Waals surface area contributed by atoms with E-state index in [1.54, 1.807) is 36.0 Å². The van der Waals surface area contributed by atoms with Crippen LogP contribution in [0.3, 0.4) is 0 Å². The van der Waals surface area contributed by atoms with Crippen LogP contribution < -0.4 is 10.1 Å². The zero-order valence-corrected chi connectivity index (χ0v) is 18.0. The number of hydrogen-bond donors (Lipinski definition) is 1. The smallest absolute Gasteiger partial charge is 0.243 e. The average molecular weight is 435 g/mol. The van der Waals surface area contributed by atoms with Crippen molar-refractivity contribution in [2.75, 3.05) is 32.5 Å². The van der Waals surface area contributed by atoms with Gasteiger partial charge in [-0.15, -0.1) is 11.8 Å². The monoisotopic (exact) mass is 434 g/mol. The molecule has 0 bridgehead atoms. The Morgan fingerprint density at radius 2 is 1.90 bits per heavy atom. The van der Waals surface area contributed by atoms with Crippen LogP contribution in [-0.4, -0.2) is 51.1 Å². The van der Waals surface area contributed by atoms with Crippen molar-refractivity contribution in [3.8, 4) is 5.75 Å². The highest BCUT2D eigenvalue weighted by Crippen LogP contribution is 2.25. The van der Waals surface area contributed by atoms with E-state index in [2.05, 4.69) is 5.32 Å². The summed E-state index contributed by atoms with van der Waals surface area (Å²) in [6, 6.07) is 16.4. The molecule has 1 atom stereocenters. The molecule has 2 aromatic carbocycles. The van der Waals surface area contributed by atoms with Crippen LogP contribution in [0.2, 0.25) is 0 Å². The van der Waals surface area contributed by atoms with Crippen molar-refractivity contribution >= 4 is 27.7 Å². The molecule has 156 valence electrons. The van der Waals surface area contributed by atoms with Gasteiger partial charge in [0.25, 0.3) is 0 Å². The second-order valence-electron chi connectivity index (χ2n) is 6.83. The Morgan fingerprint density at radius 1 is 1.17 bits per heavy atom. The Labute approximate surface area is 176 Å². The Balaban J connectivity index is 1.52. The fourth-order valence-corrected chi connectivity index (χ4v) is 5.59. The Bertz CT molecular complexity index is 902. The molecule has 1 aliphatic heterocycles. The third-order valence-corrected chi connectivity index (χ3v) is 7.76. The predicted octanol–water partition coefficient (Wildman–Crippen LogP) is 3.00. The van der Waals surface area contributed by atoms with Gasteiger partial charge >= 0.3 is 0 Å². The van der Waals surface area contributed by atoms with Gasteiger partial charge in [0.15, 0.2) is 0 Å². The number of amides is 1. The molecule has 0 unspecified atom stereocenters. The van der Waals surface area contributed by atoms with Crippen LogP contribution >= 0.6 is 11.8 Å². The maximum Gasteiger partial charge on any atom is 0.243 e. The van der Waals surface area contributed by atoms with Gasteiger partial charge in [-0.25, -0.2) is 8.42 Å². The number of ether oxygens (including phenoxy) is 1. The van der Waals surface area contributed by atoms with E-state index in [-0.39, 0.29) is 23.3 Å². The first-order chi connectivity index (χ1) is 14.0. The van der Waals surface area contributed by atoms with Crippen molar-refractivity contribution in [1.82, 2.24) is 9.62 Å². The number of carbonyl (C=O) groups is 1. The van der Waals surface area contributed by atoms with E-state index in [1.807, 2.05) is 30.3 Å². The molecule has 6 nitrogen and oxygen atoms in total. The molecule has 0 aliphatic carbocycles. The van der Waals surface area contributed by atoms with E-state index < -0.39 is 10.0 Å². The quantitative estimate of drug-likeness (QED) is 0.511. The maximum absolute atomic E-state index is 12.9. The SMILES string of the molecule is COc1ccc(S(=O)(=O)N2CCC[C@H](C(=O)NCCSc3ccccc3)C2)cc1. The molecule has 1 N–H and O–H groups in total. The molecule has 0 saturated carbocycles. The summed E-state index contributed by atoms with van der Waals surface area (Å²) >= 11 is 1.68. The first-order valence-electron chi connectivity index (χ1n) is 9.60. The topological polar surface area (TPSA) is 75.7 Å². The largest absolute Gasteiger partial charge is 0.497 e. The van der Waals surface area contributed by atoms with Gasteiger partial charge in [0.05, 0.1) is 17.9 Å². The Kier molecular flexibility index (Phi) is 7.57. The van der Waals surface area contributed by atoms with Gasteiger partial charge in [0, 0.05) is 30.3 Å². The molecule has 0 aromatic heterocycles. The van der Waals surface area contributed by atoms with Crippen LogP contribution in [0.4, 0.5) is 0 Å². The van der Waals surface area contributed by atoms with Gasteiger partial charge in [-0.2, -0.15) is 4.31 Å². The molecule has 3 rings (SSSR count). The highest BCUT2D eigenvalue weighted by atomic mass is 32.2. The van der Waals surface area contributed by atoms with E-state index in [9.17, 15) is 13.2 Å². The van der Waals surface area contributed by atoms with Crippen molar-refractivity contribution in [1.29, 1.82) is 0 Å². The van der Waals surface area contributed by atoms with Crippen LogP contribution in [-0.2, 0) is 14.8 Å². The normalized spacial score (nSPS) is 17.6. The fraction of sp³-hybridized carbons (Fsp3) is 0.381. The number of hydrogen-bond acceptors (Lipinski definition) is 5. The lowest BCUT2D eigenvalue weighted by molar-refractivity contribution is -0.125. The average Bonchev–Trinajstić information content (AvgIpc) is 2.77. The minimum absolute atomic E-state index is 0.0757. The second-order valence-corrected chi connectivity index (χ2v) is 9.94. The number of benzene rings is 2. The van der Waals surface area contributed by atoms with E-state index in [0.29, 0.717) is 31.7 Å². The zero-order chi connectivity index (χ0) is 20.7. The Morgan fingerprint density at radius 3 is 2.59 bits per heavy atom. The first-order valence-corrected chi connectivity index (χ1v) is 12.0. The molecule has 1 aliphatic rings. The number of thioether (sulfide) groups is 1. The van der Waals surface area contributed by atoms with E-state index in [0.717, 1.165) is 10.6 Å². The van der Waals surface area contributed by atoms with E-state index >= 15 is 0 Å². The number of rotatable bonds is 8.